The summed E-state index contributed by atoms with van der Waals surface area (Å²) < 4.78 is 28.6. The number of amides is 1. The van der Waals surface area contributed by atoms with E-state index in [0.717, 1.165) is 29.7 Å². The topological polar surface area (TPSA) is 97.2 Å². The van der Waals surface area contributed by atoms with Gasteiger partial charge in [-0.3, -0.25) is 4.79 Å². The Bertz CT molecular complexity index is 1200. The first-order valence-electron chi connectivity index (χ1n) is 10.0. The van der Waals surface area contributed by atoms with Gasteiger partial charge in [0.05, 0.1) is 17.0 Å². The molecule has 0 saturated carbocycles. The molecule has 0 spiro atoms. The van der Waals surface area contributed by atoms with E-state index in [4.69, 9.17) is 0 Å². The molecule has 1 aliphatic heterocycles. The van der Waals surface area contributed by atoms with Gasteiger partial charge in [-0.1, -0.05) is 22.9 Å². The molecule has 1 aromatic heterocycles. The van der Waals surface area contributed by atoms with Crippen LogP contribution in [-0.4, -0.2) is 46.7 Å². The summed E-state index contributed by atoms with van der Waals surface area (Å²) in [7, 11) is -3.50. The highest BCUT2D eigenvalue weighted by Crippen LogP contribution is 2.24. The molecule has 1 aliphatic rings. The number of hydrogen-bond donors (Lipinski definition) is 1. The second-order valence-electron chi connectivity index (χ2n) is 7.69. The van der Waals surface area contributed by atoms with Crippen LogP contribution >= 0.6 is 0 Å². The summed E-state index contributed by atoms with van der Waals surface area (Å²) in [6.45, 7) is 5.44. The SMILES string of the molecule is Cc1ccc(NC(=O)CCn2nnc3cc(S(=O)(=O)N4CCCC4)ccc32)c(C)c1. The average Bonchev–Trinajstić information content (AvgIpc) is 3.38. The van der Waals surface area contributed by atoms with Gasteiger partial charge < -0.3 is 5.32 Å². The molecule has 1 saturated heterocycles. The summed E-state index contributed by atoms with van der Waals surface area (Å²) in [5, 5.41) is 11.1. The molecule has 0 radical (unpaired) electrons. The highest BCUT2D eigenvalue weighted by atomic mass is 32.2. The number of aromatic nitrogens is 3. The fourth-order valence-corrected chi connectivity index (χ4v) is 5.27. The van der Waals surface area contributed by atoms with Crippen molar-refractivity contribution >= 4 is 32.7 Å². The number of sulfonamides is 1. The lowest BCUT2D eigenvalue weighted by atomic mass is 10.1. The predicted molar refractivity (Wildman–Crippen MR) is 115 cm³/mol. The van der Waals surface area contributed by atoms with Crippen molar-refractivity contribution in [1.82, 2.24) is 19.3 Å². The van der Waals surface area contributed by atoms with Crippen LogP contribution in [0.4, 0.5) is 5.69 Å². The number of carbonyl (C=O) groups is 1. The fraction of sp³-hybridized carbons (Fsp3) is 0.381. The molecule has 1 amide bonds. The first-order chi connectivity index (χ1) is 14.3. The minimum absolute atomic E-state index is 0.112. The molecule has 158 valence electrons. The van der Waals surface area contributed by atoms with Gasteiger partial charge in [0.15, 0.2) is 0 Å². The molecular weight excluding hydrogens is 402 g/mol. The number of anilines is 1. The van der Waals surface area contributed by atoms with Crippen LogP contribution in [0.15, 0.2) is 41.3 Å². The average molecular weight is 428 g/mol. The van der Waals surface area contributed by atoms with Gasteiger partial charge in [0.25, 0.3) is 0 Å². The van der Waals surface area contributed by atoms with Crippen LogP contribution in [0.1, 0.15) is 30.4 Å². The zero-order valence-electron chi connectivity index (χ0n) is 17.1. The highest BCUT2D eigenvalue weighted by Gasteiger charge is 2.27. The zero-order chi connectivity index (χ0) is 21.3. The van der Waals surface area contributed by atoms with Crippen molar-refractivity contribution in [2.75, 3.05) is 18.4 Å². The largest absolute Gasteiger partial charge is 0.326 e. The van der Waals surface area contributed by atoms with Crippen molar-refractivity contribution < 1.29 is 13.2 Å². The van der Waals surface area contributed by atoms with Crippen molar-refractivity contribution in [3.05, 3.63) is 47.5 Å². The molecule has 8 nitrogen and oxygen atoms in total. The van der Waals surface area contributed by atoms with E-state index in [1.165, 1.54) is 4.31 Å². The summed E-state index contributed by atoms with van der Waals surface area (Å²) in [4.78, 5) is 12.6. The van der Waals surface area contributed by atoms with Gasteiger partial charge in [0, 0.05) is 25.2 Å². The summed E-state index contributed by atoms with van der Waals surface area (Å²) in [6.07, 6.45) is 2.02. The van der Waals surface area contributed by atoms with E-state index in [-0.39, 0.29) is 17.2 Å². The number of nitrogens with one attached hydrogen (secondary N) is 1. The van der Waals surface area contributed by atoms with Crippen molar-refractivity contribution in [1.29, 1.82) is 0 Å². The molecule has 2 aromatic carbocycles. The fourth-order valence-electron chi connectivity index (χ4n) is 3.73. The maximum absolute atomic E-state index is 12.7. The first-order valence-corrected chi connectivity index (χ1v) is 11.5. The first kappa shape index (κ1) is 20.5. The zero-order valence-corrected chi connectivity index (χ0v) is 17.9. The third-order valence-corrected chi connectivity index (χ3v) is 7.29. The van der Waals surface area contributed by atoms with Crippen molar-refractivity contribution in [3.63, 3.8) is 0 Å². The Morgan fingerprint density at radius 3 is 2.60 bits per heavy atom. The summed E-state index contributed by atoms with van der Waals surface area (Å²) in [6, 6.07) is 10.7. The molecule has 0 bridgehead atoms. The van der Waals surface area contributed by atoms with E-state index in [1.54, 1.807) is 22.9 Å². The van der Waals surface area contributed by atoms with Gasteiger partial charge in [-0.2, -0.15) is 4.31 Å². The van der Waals surface area contributed by atoms with Crippen molar-refractivity contribution in [3.8, 4) is 0 Å². The van der Waals surface area contributed by atoms with Gasteiger partial charge in [-0.25, -0.2) is 13.1 Å². The molecule has 0 atom stereocenters. The predicted octanol–water partition coefficient (Wildman–Crippen LogP) is 2.86. The van der Waals surface area contributed by atoms with Gasteiger partial charge >= 0.3 is 0 Å². The number of fused-ring (bicyclic) bond motifs is 1. The molecule has 1 N–H and O–H groups in total. The van der Waals surface area contributed by atoms with Gasteiger partial charge in [-0.15, -0.1) is 5.10 Å². The summed E-state index contributed by atoms with van der Waals surface area (Å²) in [5.41, 5.74) is 4.16. The Labute approximate surface area is 175 Å². The molecule has 3 aromatic rings. The third kappa shape index (κ3) is 4.08. The minimum Gasteiger partial charge on any atom is -0.326 e. The number of benzene rings is 2. The smallest absolute Gasteiger partial charge is 0.243 e. The van der Waals surface area contributed by atoms with E-state index in [2.05, 4.69) is 15.6 Å². The monoisotopic (exact) mass is 427 g/mol. The number of rotatable bonds is 6. The third-order valence-electron chi connectivity index (χ3n) is 5.39. The Hall–Kier alpha value is -2.78. The van der Waals surface area contributed by atoms with E-state index in [0.29, 0.717) is 30.7 Å². The Morgan fingerprint density at radius 2 is 1.87 bits per heavy atom. The molecular formula is C21H25N5O3S. The second kappa shape index (κ2) is 8.16. The van der Waals surface area contributed by atoms with Gasteiger partial charge in [0.1, 0.15) is 5.52 Å². The molecule has 2 heterocycles. The number of nitrogens with zero attached hydrogens (tertiary/aromatic N) is 4. The van der Waals surface area contributed by atoms with E-state index in [9.17, 15) is 13.2 Å². The van der Waals surface area contributed by atoms with Crippen LogP contribution in [0.25, 0.3) is 11.0 Å². The molecule has 1 fully saturated rings. The van der Waals surface area contributed by atoms with Crippen LogP contribution in [0.5, 0.6) is 0 Å². The Balaban J connectivity index is 1.45. The van der Waals surface area contributed by atoms with E-state index < -0.39 is 10.0 Å². The number of carbonyl (C=O) groups excluding carboxylic acids is 1. The number of aryl methyl sites for hydroxylation is 3. The van der Waals surface area contributed by atoms with E-state index >= 15 is 0 Å². The van der Waals surface area contributed by atoms with Crippen LogP contribution in [0.2, 0.25) is 0 Å². The van der Waals surface area contributed by atoms with Crippen molar-refractivity contribution in [2.24, 2.45) is 0 Å². The van der Waals surface area contributed by atoms with Crippen LogP contribution in [0, 0.1) is 13.8 Å². The molecule has 4 rings (SSSR count). The highest BCUT2D eigenvalue weighted by molar-refractivity contribution is 7.89. The minimum atomic E-state index is -3.50. The summed E-state index contributed by atoms with van der Waals surface area (Å²) in [5.74, 6) is -0.112. The van der Waals surface area contributed by atoms with Gasteiger partial charge in [0.2, 0.25) is 15.9 Å². The lowest BCUT2D eigenvalue weighted by Gasteiger charge is -2.15. The van der Waals surface area contributed by atoms with Crippen molar-refractivity contribution in [2.45, 2.75) is 44.6 Å². The lowest BCUT2D eigenvalue weighted by molar-refractivity contribution is -0.116. The second-order valence-corrected chi connectivity index (χ2v) is 9.63. The Kier molecular flexibility index (Phi) is 5.57. The van der Waals surface area contributed by atoms with Crippen LogP contribution in [0.3, 0.4) is 0 Å². The Morgan fingerprint density at radius 1 is 1.10 bits per heavy atom. The maximum atomic E-state index is 12.7. The van der Waals surface area contributed by atoms with Gasteiger partial charge in [-0.05, 0) is 56.5 Å². The maximum Gasteiger partial charge on any atom is 0.243 e. The lowest BCUT2D eigenvalue weighted by Crippen LogP contribution is -2.27. The van der Waals surface area contributed by atoms with E-state index in [1.807, 2.05) is 32.0 Å². The standard InChI is InChI=1S/C21H25N5O3S/c1-15-5-7-18(16(2)13-15)22-21(27)9-12-26-20-8-6-17(14-19(20)23-24-26)30(28,29)25-10-3-4-11-25/h5-8,13-14H,3-4,9-12H2,1-2H3,(H,22,27). The molecule has 9 heteroatoms. The normalized spacial score (nSPS) is 15.0. The molecule has 0 aliphatic carbocycles. The van der Waals surface area contributed by atoms with Crippen LogP contribution < -0.4 is 5.32 Å². The quantitative estimate of drug-likeness (QED) is 0.652. The molecule has 0 unspecified atom stereocenters. The molecule has 30 heavy (non-hydrogen) atoms. The summed E-state index contributed by atoms with van der Waals surface area (Å²) >= 11 is 0. The van der Waals surface area contributed by atoms with Crippen LogP contribution in [-0.2, 0) is 21.4 Å². The number of hydrogen-bond acceptors (Lipinski definition) is 5.